The molecular formula is C21H30N6O3. The number of hydrogen-bond donors (Lipinski definition) is 2. The van der Waals surface area contributed by atoms with Crippen LogP contribution in [0.2, 0.25) is 0 Å². The van der Waals surface area contributed by atoms with Crippen LogP contribution in [-0.2, 0) is 24.2 Å². The average molecular weight is 415 g/mol. The van der Waals surface area contributed by atoms with E-state index in [-0.39, 0.29) is 17.7 Å². The summed E-state index contributed by atoms with van der Waals surface area (Å²) in [4.78, 5) is 27.5. The molecule has 162 valence electrons. The Balaban J connectivity index is 1.34. The normalized spacial score (nSPS) is 19.6. The zero-order valence-corrected chi connectivity index (χ0v) is 17.6. The number of H-pyrrole nitrogens is 1. The van der Waals surface area contributed by atoms with Crippen LogP contribution in [0, 0.1) is 12.8 Å². The number of likely N-dealkylation sites (tertiary alicyclic amines) is 1. The molecule has 2 aromatic heterocycles. The highest BCUT2D eigenvalue weighted by Gasteiger charge is 2.29. The summed E-state index contributed by atoms with van der Waals surface area (Å²) in [6.07, 6.45) is 8.84. The van der Waals surface area contributed by atoms with Gasteiger partial charge in [-0.05, 0) is 51.4 Å². The highest BCUT2D eigenvalue weighted by molar-refractivity contribution is 5.94. The fourth-order valence-electron chi connectivity index (χ4n) is 4.50. The number of carbonyl (C=O) groups is 2. The number of nitrogens with one attached hydrogen (secondary N) is 2. The van der Waals surface area contributed by atoms with E-state index in [1.54, 1.807) is 6.92 Å². The lowest BCUT2D eigenvalue weighted by Crippen LogP contribution is -2.41. The minimum absolute atomic E-state index is 0.00229. The SMILES string of the molecule is Cc1nonc1CNC(=O)C[C@H]1CCCN(C(=O)c2n[nH]c3c2CCCCCC3)C1. The van der Waals surface area contributed by atoms with Crippen molar-refractivity contribution < 1.29 is 14.2 Å². The van der Waals surface area contributed by atoms with E-state index in [4.69, 9.17) is 0 Å². The Labute approximate surface area is 175 Å². The molecule has 0 bridgehead atoms. The molecule has 4 rings (SSSR count). The third-order valence-electron chi connectivity index (χ3n) is 6.24. The molecule has 0 saturated carbocycles. The van der Waals surface area contributed by atoms with Gasteiger partial charge in [-0.25, -0.2) is 4.63 Å². The van der Waals surface area contributed by atoms with Gasteiger partial charge < -0.3 is 10.2 Å². The number of aryl methyl sites for hydroxylation is 2. The number of rotatable bonds is 5. The summed E-state index contributed by atoms with van der Waals surface area (Å²) < 4.78 is 4.65. The van der Waals surface area contributed by atoms with Gasteiger partial charge in [0.2, 0.25) is 5.91 Å². The molecule has 30 heavy (non-hydrogen) atoms. The first-order valence-electron chi connectivity index (χ1n) is 11.0. The van der Waals surface area contributed by atoms with Crippen molar-refractivity contribution in [3.05, 3.63) is 28.3 Å². The molecule has 2 aromatic rings. The van der Waals surface area contributed by atoms with Crippen LogP contribution in [0.4, 0.5) is 0 Å². The number of piperidine rings is 1. The van der Waals surface area contributed by atoms with Gasteiger partial charge in [0.25, 0.3) is 5.91 Å². The number of nitrogens with zero attached hydrogens (tertiary/aromatic N) is 4. The molecule has 1 atom stereocenters. The second-order valence-electron chi connectivity index (χ2n) is 8.48. The first-order valence-corrected chi connectivity index (χ1v) is 11.0. The molecule has 1 fully saturated rings. The minimum atomic E-state index is -0.0402. The topological polar surface area (TPSA) is 117 Å². The van der Waals surface area contributed by atoms with Crippen LogP contribution in [0.15, 0.2) is 4.63 Å². The standard InChI is InChI=1S/C21H30N6O3/c1-14-18(26-30-25-14)12-22-19(28)11-15-7-6-10-27(13-15)21(29)20-16-8-4-2-3-5-9-17(16)23-24-20/h15H,2-13H2,1H3,(H,22,28)(H,23,24)/t15-/m1/s1. The third-order valence-corrected chi connectivity index (χ3v) is 6.24. The van der Waals surface area contributed by atoms with Crippen molar-refractivity contribution in [2.75, 3.05) is 13.1 Å². The predicted molar refractivity (Wildman–Crippen MR) is 109 cm³/mol. The number of aromatic nitrogens is 4. The Kier molecular flexibility index (Phi) is 6.44. The van der Waals surface area contributed by atoms with E-state index in [0.717, 1.165) is 56.3 Å². The van der Waals surface area contributed by atoms with Crippen LogP contribution < -0.4 is 5.32 Å². The summed E-state index contributed by atoms with van der Waals surface area (Å²) in [5, 5.41) is 17.9. The molecule has 9 nitrogen and oxygen atoms in total. The van der Waals surface area contributed by atoms with Crippen molar-refractivity contribution >= 4 is 11.8 Å². The molecule has 0 aromatic carbocycles. The molecule has 0 spiro atoms. The van der Waals surface area contributed by atoms with Crippen molar-refractivity contribution in [1.29, 1.82) is 0 Å². The quantitative estimate of drug-likeness (QED) is 0.775. The number of aromatic amines is 1. The van der Waals surface area contributed by atoms with Gasteiger partial charge in [0, 0.05) is 30.8 Å². The molecule has 1 aliphatic heterocycles. The zero-order chi connectivity index (χ0) is 20.9. The third kappa shape index (κ3) is 4.71. The first-order chi connectivity index (χ1) is 14.6. The van der Waals surface area contributed by atoms with Crippen LogP contribution in [0.1, 0.15) is 78.1 Å². The lowest BCUT2D eigenvalue weighted by Gasteiger charge is -2.32. The Hall–Kier alpha value is -2.71. The van der Waals surface area contributed by atoms with Crippen molar-refractivity contribution in [3.63, 3.8) is 0 Å². The van der Waals surface area contributed by atoms with E-state index < -0.39 is 0 Å². The summed E-state index contributed by atoms with van der Waals surface area (Å²) in [6.45, 7) is 3.42. The summed E-state index contributed by atoms with van der Waals surface area (Å²) in [5.41, 5.74) is 4.14. The lowest BCUT2D eigenvalue weighted by atomic mass is 9.93. The molecule has 0 radical (unpaired) electrons. The maximum atomic E-state index is 13.2. The molecule has 1 saturated heterocycles. The Morgan fingerprint density at radius 2 is 2.00 bits per heavy atom. The molecule has 9 heteroatoms. The molecular weight excluding hydrogens is 384 g/mol. The van der Waals surface area contributed by atoms with Crippen molar-refractivity contribution in [2.45, 2.75) is 71.3 Å². The lowest BCUT2D eigenvalue weighted by molar-refractivity contribution is -0.122. The molecule has 0 unspecified atom stereocenters. The molecule has 3 heterocycles. The second-order valence-corrected chi connectivity index (χ2v) is 8.48. The smallest absolute Gasteiger partial charge is 0.274 e. The highest BCUT2D eigenvalue weighted by Crippen LogP contribution is 2.25. The van der Waals surface area contributed by atoms with Gasteiger partial charge in [0.15, 0.2) is 5.69 Å². The molecule has 2 aliphatic rings. The van der Waals surface area contributed by atoms with Crippen molar-refractivity contribution in [2.24, 2.45) is 5.92 Å². The number of hydrogen-bond acceptors (Lipinski definition) is 6. The largest absolute Gasteiger partial charge is 0.350 e. The summed E-state index contributed by atoms with van der Waals surface area (Å²) >= 11 is 0. The molecule has 2 N–H and O–H groups in total. The van der Waals surface area contributed by atoms with Gasteiger partial charge in [-0.2, -0.15) is 5.10 Å². The maximum Gasteiger partial charge on any atom is 0.274 e. The van der Waals surface area contributed by atoms with Crippen LogP contribution in [-0.4, -0.2) is 50.3 Å². The van der Waals surface area contributed by atoms with Gasteiger partial charge >= 0.3 is 0 Å². The average Bonchev–Trinajstić information content (AvgIpc) is 3.31. The Bertz CT molecular complexity index is 889. The van der Waals surface area contributed by atoms with Crippen LogP contribution in [0.5, 0.6) is 0 Å². The van der Waals surface area contributed by atoms with E-state index in [1.807, 2.05) is 4.90 Å². The summed E-state index contributed by atoms with van der Waals surface area (Å²) in [5.74, 6) is 0.115. The number of amides is 2. The summed E-state index contributed by atoms with van der Waals surface area (Å²) in [6, 6.07) is 0. The van der Waals surface area contributed by atoms with E-state index in [2.05, 4.69) is 30.5 Å². The number of carbonyl (C=O) groups excluding carboxylic acids is 2. The van der Waals surface area contributed by atoms with E-state index in [9.17, 15) is 9.59 Å². The van der Waals surface area contributed by atoms with Crippen LogP contribution in [0.3, 0.4) is 0 Å². The second kappa shape index (κ2) is 9.40. The van der Waals surface area contributed by atoms with Gasteiger partial charge in [-0.15, -0.1) is 0 Å². The van der Waals surface area contributed by atoms with Crippen molar-refractivity contribution in [1.82, 2.24) is 30.7 Å². The Morgan fingerprint density at radius 1 is 1.17 bits per heavy atom. The fraction of sp³-hybridized carbons (Fsp3) is 0.667. The Morgan fingerprint density at radius 3 is 2.80 bits per heavy atom. The predicted octanol–water partition coefficient (Wildman–Crippen LogP) is 2.32. The summed E-state index contributed by atoms with van der Waals surface area (Å²) in [7, 11) is 0. The van der Waals surface area contributed by atoms with Crippen LogP contribution >= 0.6 is 0 Å². The van der Waals surface area contributed by atoms with Crippen LogP contribution in [0.25, 0.3) is 0 Å². The van der Waals surface area contributed by atoms with Crippen molar-refractivity contribution in [3.8, 4) is 0 Å². The fourth-order valence-corrected chi connectivity index (χ4v) is 4.50. The molecule has 2 amide bonds. The van der Waals surface area contributed by atoms with Gasteiger partial charge in [0.05, 0.1) is 6.54 Å². The van der Waals surface area contributed by atoms with Gasteiger partial charge in [0.1, 0.15) is 11.4 Å². The molecule has 1 aliphatic carbocycles. The maximum absolute atomic E-state index is 13.2. The van der Waals surface area contributed by atoms with E-state index >= 15 is 0 Å². The van der Waals surface area contributed by atoms with Gasteiger partial charge in [-0.1, -0.05) is 23.2 Å². The first kappa shape index (κ1) is 20.6. The minimum Gasteiger partial charge on any atom is -0.350 e. The zero-order valence-electron chi connectivity index (χ0n) is 17.6. The number of fused-ring (bicyclic) bond motifs is 1. The van der Waals surface area contributed by atoms with E-state index in [0.29, 0.717) is 36.6 Å². The monoisotopic (exact) mass is 414 g/mol. The highest BCUT2D eigenvalue weighted by atomic mass is 16.6. The van der Waals surface area contributed by atoms with Gasteiger partial charge in [-0.3, -0.25) is 14.7 Å². The van der Waals surface area contributed by atoms with E-state index in [1.165, 1.54) is 12.8 Å².